The van der Waals surface area contributed by atoms with Crippen molar-refractivity contribution in [3.8, 4) is 11.3 Å². The fourth-order valence-electron chi connectivity index (χ4n) is 2.73. The Morgan fingerprint density at radius 3 is 2.61 bits per heavy atom. The van der Waals surface area contributed by atoms with Gasteiger partial charge in [-0.2, -0.15) is 0 Å². The minimum absolute atomic E-state index is 0.0368. The lowest BCUT2D eigenvalue weighted by molar-refractivity contribution is -0.384. The highest BCUT2D eigenvalue weighted by Gasteiger charge is 2.18. The van der Waals surface area contributed by atoms with E-state index in [1.165, 1.54) is 18.2 Å². The predicted molar refractivity (Wildman–Crippen MR) is 112 cm³/mol. The Morgan fingerprint density at radius 2 is 1.93 bits per heavy atom. The molecule has 0 bridgehead atoms. The van der Waals surface area contributed by atoms with Gasteiger partial charge in [-0.25, -0.2) is 0 Å². The number of hydrogen-bond acceptors (Lipinski definition) is 4. The number of amides is 1. The summed E-state index contributed by atoms with van der Waals surface area (Å²) < 4.78 is 6.54. The maximum absolute atomic E-state index is 12.6. The molecule has 0 radical (unpaired) electrons. The van der Waals surface area contributed by atoms with E-state index in [-0.39, 0.29) is 22.4 Å². The van der Waals surface area contributed by atoms with E-state index in [9.17, 15) is 14.9 Å². The molecule has 0 aliphatic heterocycles. The summed E-state index contributed by atoms with van der Waals surface area (Å²) in [6.45, 7) is 4.08. The number of nitrogens with zero attached hydrogens (tertiary/aromatic N) is 1. The number of anilines is 1. The number of carbonyl (C=O) groups is 1. The fraction of sp³-hybridized carbons (Fsp3) is 0.150. The molecule has 8 heteroatoms. The van der Waals surface area contributed by atoms with E-state index in [0.29, 0.717) is 17.0 Å². The largest absolute Gasteiger partial charge is 0.451 e. The van der Waals surface area contributed by atoms with Crippen LogP contribution in [0.2, 0.25) is 5.02 Å². The van der Waals surface area contributed by atoms with Crippen molar-refractivity contribution in [2.24, 2.45) is 0 Å². The molecule has 0 saturated carbocycles. The lowest BCUT2D eigenvalue weighted by atomic mass is 10.0. The number of nitro groups is 1. The molecule has 144 valence electrons. The van der Waals surface area contributed by atoms with Gasteiger partial charge in [0.1, 0.15) is 10.8 Å². The fourth-order valence-corrected chi connectivity index (χ4v) is 3.30. The third-order valence-corrected chi connectivity index (χ3v) is 4.95. The number of benzene rings is 2. The van der Waals surface area contributed by atoms with Gasteiger partial charge in [0.15, 0.2) is 5.76 Å². The standard InChI is InChI=1S/C20H16BrClN2O4/c1-11(2)14-10-13(21)4-6-16(14)23-20(25)19-8-7-18(28-19)12-3-5-15(22)17(9-12)24(26)27/h3-11H,1-2H3,(H,23,25). The van der Waals surface area contributed by atoms with Crippen molar-refractivity contribution < 1.29 is 14.1 Å². The van der Waals surface area contributed by atoms with Crippen LogP contribution in [0.15, 0.2) is 57.4 Å². The number of rotatable bonds is 5. The van der Waals surface area contributed by atoms with Gasteiger partial charge in [-0.05, 0) is 53.9 Å². The quantitative estimate of drug-likeness (QED) is 0.339. The first-order valence-electron chi connectivity index (χ1n) is 8.41. The van der Waals surface area contributed by atoms with E-state index >= 15 is 0 Å². The number of furan rings is 1. The third kappa shape index (κ3) is 4.26. The van der Waals surface area contributed by atoms with Crippen molar-refractivity contribution in [3.05, 3.63) is 79.5 Å². The summed E-state index contributed by atoms with van der Waals surface area (Å²) in [6.07, 6.45) is 0. The molecule has 0 saturated heterocycles. The van der Waals surface area contributed by atoms with Crippen LogP contribution in [0.25, 0.3) is 11.3 Å². The van der Waals surface area contributed by atoms with Crippen molar-refractivity contribution in [1.82, 2.24) is 0 Å². The molecule has 3 rings (SSSR count). The molecular weight excluding hydrogens is 448 g/mol. The first kappa shape index (κ1) is 20.1. The minimum atomic E-state index is -0.566. The van der Waals surface area contributed by atoms with E-state index in [1.807, 2.05) is 32.0 Å². The molecule has 0 aliphatic carbocycles. The summed E-state index contributed by atoms with van der Waals surface area (Å²) >= 11 is 9.27. The first-order valence-corrected chi connectivity index (χ1v) is 9.58. The van der Waals surface area contributed by atoms with Crippen molar-refractivity contribution in [1.29, 1.82) is 0 Å². The van der Waals surface area contributed by atoms with Gasteiger partial charge in [0, 0.05) is 21.8 Å². The molecule has 1 amide bonds. The van der Waals surface area contributed by atoms with Crippen LogP contribution in [-0.4, -0.2) is 10.8 Å². The predicted octanol–water partition coefficient (Wildman–Crippen LogP) is 6.65. The molecule has 0 spiro atoms. The van der Waals surface area contributed by atoms with E-state index in [4.69, 9.17) is 16.0 Å². The van der Waals surface area contributed by atoms with Gasteiger partial charge in [0.2, 0.25) is 0 Å². The number of nitro benzene ring substituents is 1. The van der Waals surface area contributed by atoms with Crippen LogP contribution >= 0.6 is 27.5 Å². The van der Waals surface area contributed by atoms with E-state index in [2.05, 4.69) is 21.2 Å². The Balaban J connectivity index is 1.86. The van der Waals surface area contributed by atoms with Gasteiger partial charge in [-0.15, -0.1) is 0 Å². The summed E-state index contributed by atoms with van der Waals surface area (Å²) in [5.74, 6) is 0.253. The zero-order valence-corrected chi connectivity index (χ0v) is 17.4. The average Bonchev–Trinajstić information content (AvgIpc) is 3.13. The third-order valence-electron chi connectivity index (χ3n) is 4.14. The summed E-state index contributed by atoms with van der Waals surface area (Å²) in [4.78, 5) is 23.1. The second-order valence-corrected chi connectivity index (χ2v) is 7.75. The number of halogens is 2. The van der Waals surface area contributed by atoms with Crippen LogP contribution in [0.4, 0.5) is 11.4 Å². The lowest BCUT2D eigenvalue weighted by Gasteiger charge is -2.13. The number of hydrogen-bond donors (Lipinski definition) is 1. The van der Waals surface area contributed by atoms with E-state index in [1.54, 1.807) is 12.1 Å². The second-order valence-electron chi connectivity index (χ2n) is 6.43. The Labute approximate surface area is 174 Å². The Hall–Kier alpha value is -2.64. The monoisotopic (exact) mass is 462 g/mol. The highest BCUT2D eigenvalue weighted by molar-refractivity contribution is 9.10. The van der Waals surface area contributed by atoms with Crippen molar-refractivity contribution in [2.75, 3.05) is 5.32 Å². The van der Waals surface area contributed by atoms with Crippen LogP contribution in [0, 0.1) is 10.1 Å². The molecule has 1 N–H and O–H groups in total. The molecule has 3 aromatic rings. The zero-order valence-electron chi connectivity index (χ0n) is 15.0. The Bertz CT molecular complexity index is 1060. The molecule has 2 aromatic carbocycles. The first-order chi connectivity index (χ1) is 13.3. The van der Waals surface area contributed by atoms with Crippen molar-refractivity contribution in [3.63, 3.8) is 0 Å². The minimum Gasteiger partial charge on any atom is -0.451 e. The maximum atomic E-state index is 12.6. The van der Waals surface area contributed by atoms with Gasteiger partial charge < -0.3 is 9.73 Å². The topological polar surface area (TPSA) is 85.4 Å². The second kappa shape index (κ2) is 8.16. The summed E-state index contributed by atoms with van der Waals surface area (Å²) in [6, 6.07) is 13.1. The molecule has 1 heterocycles. The smallest absolute Gasteiger partial charge is 0.291 e. The van der Waals surface area contributed by atoms with Gasteiger partial charge in [0.05, 0.1) is 4.92 Å². The summed E-state index contributed by atoms with van der Waals surface area (Å²) in [5.41, 5.74) is 1.92. The van der Waals surface area contributed by atoms with Gasteiger partial charge >= 0.3 is 0 Å². The highest BCUT2D eigenvalue weighted by Crippen LogP contribution is 2.32. The van der Waals surface area contributed by atoms with E-state index in [0.717, 1.165) is 10.0 Å². The van der Waals surface area contributed by atoms with Crippen molar-refractivity contribution in [2.45, 2.75) is 19.8 Å². The van der Waals surface area contributed by atoms with Gasteiger partial charge in [0.25, 0.3) is 11.6 Å². The molecule has 0 unspecified atom stereocenters. The number of carbonyl (C=O) groups excluding carboxylic acids is 1. The Kier molecular flexibility index (Phi) is 5.86. The molecule has 6 nitrogen and oxygen atoms in total. The van der Waals surface area contributed by atoms with Crippen LogP contribution in [-0.2, 0) is 0 Å². The number of nitrogens with one attached hydrogen (secondary N) is 1. The maximum Gasteiger partial charge on any atom is 0.291 e. The van der Waals surface area contributed by atoms with Crippen molar-refractivity contribution >= 4 is 44.8 Å². The molecule has 28 heavy (non-hydrogen) atoms. The SMILES string of the molecule is CC(C)c1cc(Br)ccc1NC(=O)c1ccc(-c2ccc(Cl)c([N+](=O)[O-])c2)o1. The van der Waals surface area contributed by atoms with Crippen LogP contribution in [0.1, 0.15) is 35.9 Å². The highest BCUT2D eigenvalue weighted by atomic mass is 79.9. The van der Waals surface area contributed by atoms with Crippen LogP contribution in [0.3, 0.4) is 0 Å². The van der Waals surface area contributed by atoms with Gasteiger partial charge in [-0.3, -0.25) is 14.9 Å². The lowest BCUT2D eigenvalue weighted by Crippen LogP contribution is -2.12. The van der Waals surface area contributed by atoms with E-state index < -0.39 is 10.8 Å². The van der Waals surface area contributed by atoms with Crippen LogP contribution in [0.5, 0.6) is 0 Å². The zero-order chi connectivity index (χ0) is 20.4. The molecule has 1 aromatic heterocycles. The summed E-state index contributed by atoms with van der Waals surface area (Å²) in [7, 11) is 0. The Morgan fingerprint density at radius 1 is 1.18 bits per heavy atom. The van der Waals surface area contributed by atoms with Crippen LogP contribution < -0.4 is 5.32 Å². The average molecular weight is 464 g/mol. The molecule has 0 aliphatic rings. The normalized spacial score (nSPS) is 10.9. The molecule has 0 atom stereocenters. The molecule has 0 fully saturated rings. The summed E-state index contributed by atoms with van der Waals surface area (Å²) in [5, 5.41) is 13.9. The molecular formula is C20H16BrClN2O4. The van der Waals surface area contributed by atoms with Gasteiger partial charge in [-0.1, -0.05) is 41.4 Å².